The van der Waals surface area contributed by atoms with Crippen molar-refractivity contribution in [2.75, 3.05) is 16.8 Å². The Bertz CT molecular complexity index is 771. The minimum Gasteiger partial charge on any atom is -0.338 e. The molecule has 6 nitrogen and oxygen atoms in total. The number of carbonyl (C=O) groups excluding carboxylic acids is 2. The molecule has 0 saturated carbocycles. The number of rotatable bonds is 5. The number of nitrogens with zero attached hydrogens (tertiary/aromatic N) is 3. The zero-order chi connectivity index (χ0) is 18.5. The fourth-order valence-electron chi connectivity index (χ4n) is 3.27. The van der Waals surface area contributed by atoms with Gasteiger partial charge in [-0.3, -0.25) is 9.59 Å². The highest BCUT2D eigenvalue weighted by Crippen LogP contribution is 2.23. The Morgan fingerprint density at radius 1 is 1.12 bits per heavy atom. The van der Waals surface area contributed by atoms with Crippen LogP contribution in [0.5, 0.6) is 0 Å². The third-order valence-electron chi connectivity index (χ3n) is 4.80. The molecule has 2 heterocycles. The maximum atomic E-state index is 12.4. The summed E-state index contributed by atoms with van der Waals surface area (Å²) in [6.07, 6.45) is 7.78. The summed E-state index contributed by atoms with van der Waals surface area (Å²) in [5, 5.41) is 2.80. The zero-order valence-electron chi connectivity index (χ0n) is 15.2. The molecule has 0 bridgehead atoms. The number of nitrogens with one attached hydrogen (secondary N) is 1. The first-order valence-electron chi connectivity index (χ1n) is 9.09. The Morgan fingerprint density at radius 2 is 1.81 bits per heavy atom. The van der Waals surface area contributed by atoms with E-state index >= 15 is 0 Å². The quantitative estimate of drug-likeness (QED) is 0.831. The lowest BCUT2D eigenvalue weighted by molar-refractivity contribution is 0.101. The van der Waals surface area contributed by atoms with Crippen molar-refractivity contribution < 1.29 is 9.59 Å². The standard InChI is InChI=1S/C20H24N4O2/c1-3-18-6-4-5-11-24(18)20-21-12-16(13-22-20)19(26)23-17-9-7-15(8-10-17)14(2)25/h7-10,12-13,18H,3-6,11H2,1-2H3,(H,23,26). The number of hydrogen-bond donors (Lipinski definition) is 1. The number of anilines is 2. The van der Waals surface area contributed by atoms with Crippen LogP contribution in [0.15, 0.2) is 36.7 Å². The lowest BCUT2D eigenvalue weighted by Crippen LogP contribution is -2.40. The van der Waals surface area contributed by atoms with E-state index in [0.717, 1.165) is 19.4 Å². The second-order valence-corrected chi connectivity index (χ2v) is 6.61. The van der Waals surface area contributed by atoms with Crippen molar-refractivity contribution in [2.24, 2.45) is 0 Å². The first-order chi connectivity index (χ1) is 12.6. The van der Waals surface area contributed by atoms with Crippen molar-refractivity contribution in [1.29, 1.82) is 0 Å². The molecule has 1 saturated heterocycles. The third-order valence-corrected chi connectivity index (χ3v) is 4.80. The minimum atomic E-state index is -0.266. The topological polar surface area (TPSA) is 75.2 Å². The predicted molar refractivity (Wildman–Crippen MR) is 102 cm³/mol. The molecule has 1 N–H and O–H groups in total. The first kappa shape index (κ1) is 18.0. The van der Waals surface area contributed by atoms with Gasteiger partial charge < -0.3 is 10.2 Å². The molecule has 26 heavy (non-hydrogen) atoms. The molecule has 0 spiro atoms. The van der Waals surface area contributed by atoms with Crippen LogP contribution in [0, 0.1) is 0 Å². The van der Waals surface area contributed by atoms with E-state index in [4.69, 9.17) is 0 Å². The predicted octanol–water partition coefficient (Wildman–Crippen LogP) is 3.70. The van der Waals surface area contributed by atoms with Crippen molar-refractivity contribution >= 4 is 23.3 Å². The smallest absolute Gasteiger partial charge is 0.258 e. The Kier molecular flexibility index (Phi) is 5.61. The summed E-state index contributed by atoms with van der Waals surface area (Å²) < 4.78 is 0. The Labute approximate surface area is 153 Å². The number of hydrogen-bond acceptors (Lipinski definition) is 5. The lowest BCUT2D eigenvalue weighted by Gasteiger charge is -2.35. The van der Waals surface area contributed by atoms with Crippen LogP contribution in [-0.2, 0) is 0 Å². The highest BCUT2D eigenvalue weighted by Gasteiger charge is 2.23. The molecule has 0 aliphatic carbocycles. The highest BCUT2D eigenvalue weighted by atomic mass is 16.1. The van der Waals surface area contributed by atoms with Crippen molar-refractivity contribution in [2.45, 2.75) is 45.6 Å². The van der Waals surface area contributed by atoms with E-state index in [2.05, 4.69) is 27.1 Å². The summed E-state index contributed by atoms with van der Waals surface area (Å²) in [5.41, 5.74) is 1.66. The summed E-state index contributed by atoms with van der Waals surface area (Å²) in [7, 11) is 0. The molecule has 1 aromatic heterocycles. The third kappa shape index (κ3) is 4.07. The normalized spacial score (nSPS) is 17.0. The zero-order valence-corrected chi connectivity index (χ0v) is 15.2. The summed E-state index contributed by atoms with van der Waals surface area (Å²) in [5.74, 6) is 0.423. The fourth-order valence-corrected chi connectivity index (χ4v) is 3.27. The van der Waals surface area contributed by atoms with E-state index < -0.39 is 0 Å². The van der Waals surface area contributed by atoms with Crippen LogP contribution < -0.4 is 10.2 Å². The maximum Gasteiger partial charge on any atom is 0.258 e. The molecule has 1 atom stereocenters. The number of ketones is 1. The summed E-state index contributed by atoms with van der Waals surface area (Å²) in [4.78, 5) is 34.7. The van der Waals surface area contributed by atoms with Crippen molar-refractivity contribution in [3.05, 3.63) is 47.8 Å². The van der Waals surface area contributed by atoms with Crippen molar-refractivity contribution in [3.8, 4) is 0 Å². The van der Waals surface area contributed by atoms with Crippen molar-refractivity contribution in [1.82, 2.24) is 9.97 Å². The fraction of sp³-hybridized carbons (Fsp3) is 0.400. The van der Waals surface area contributed by atoms with Crippen LogP contribution in [0.3, 0.4) is 0 Å². The Morgan fingerprint density at radius 3 is 2.42 bits per heavy atom. The molecule has 1 unspecified atom stereocenters. The van der Waals surface area contributed by atoms with E-state index in [0.29, 0.717) is 28.8 Å². The summed E-state index contributed by atoms with van der Waals surface area (Å²) >= 11 is 0. The summed E-state index contributed by atoms with van der Waals surface area (Å²) in [6, 6.07) is 7.29. The highest BCUT2D eigenvalue weighted by molar-refractivity contribution is 6.04. The van der Waals surface area contributed by atoms with Gasteiger partial charge in [-0.1, -0.05) is 6.92 Å². The molecule has 1 amide bonds. The van der Waals surface area contributed by atoms with Crippen LogP contribution in [0.25, 0.3) is 0 Å². The van der Waals surface area contributed by atoms with Crippen LogP contribution in [0.2, 0.25) is 0 Å². The SMILES string of the molecule is CCC1CCCCN1c1ncc(C(=O)Nc2ccc(C(C)=O)cc2)cn1. The molecular weight excluding hydrogens is 328 g/mol. The molecule has 3 rings (SSSR count). The van der Waals surface area contributed by atoms with Crippen LogP contribution >= 0.6 is 0 Å². The van der Waals surface area contributed by atoms with Gasteiger partial charge in [-0.05, 0) is 56.9 Å². The van der Waals surface area contributed by atoms with Gasteiger partial charge in [-0.25, -0.2) is 9.97 Å². The molecule has 1 aromatic carbocycles. The average Bonchev–Trinajstić information content (AvgIpc) is 2.68. The van der Waals surface area contributed by atoms with Gasteiger partial charge in [0.1, 0.15) is 0 Å². The van der Waals surface area contributed by atoms with Crippen molar-refractivity contribution in [3.63, 3.8) is 0 Å². The molecule has 136 valence electrons. The molecule has 1 aliphatic rings. The molecule has 1 aliphatic heterocycles. The second kappa shape index (κ2) is 8.08. The number of aromatic nitrogens is 2. The van der Waals surface area contributed by atoms with E-state index in [-0.39, 0.29) is 11.7 Å². The van der Waals surface area contributed by atoms with Gasteiger partial charge in [0.05, 0.1) is 5.56 Å². The second-order valence-electron chi connectivity index (χ2n) is 6.61. The van der Waals surface area contributed by atoms with Gasteiger partial charge in [0.25, 0.3) is 5.91 Å². The Hall–Kier alpha value is -2.76. The van der Waals surface area contributed by atoms with E-state index in [1.807, 2.05) is 0 Å². The largest absolute Gasteiger partial charge is 0.338 e. The summed E-state index contributed by atoms with van der Waals surface area (Å²) in [6.45, 7) is 4.66. The van der Waals surface area contributed by atoms with E-state index in [9.17, 15) is 9.59 Å². The van der Waals surface area contributed by atoms with Gasteiger partial charge in [-0.2, -0.15) is 0 Å². The lowest BCUT2D eigenvalue weighted by atomic mass is 10.0. The van der Waals surface area contributed by atoms with Gasteiger partial charge in [0.2, 0.25) is 5.95 Å². The number of benzene rings is 1. The van der Waals surface area contributed by atoms with Crippen LogP contribution in [0.4, 0.5) is 11.6 Å². The first-order valence-corrected chi connectivity index (χ1v) is 9.09. The molecule has 0 radical (unpaired) electrons. The number of Topliss-reactive ketones (excluding diaryl/α,β-unsaturated/α-hetero) is 1. The van der Waals surface area contributed by atoms with Gasteiger partial charge in [0.15, 0.2) is 5.78 Å². The van der Waals surface area contributed by atoms with Gasteiger partial charge in [-0.15, -0.1) is 0 Å². The van der Waals surface area contributed by atoms with Gasteiger partial charge in [0, 0.05) is 36.2 Å². The van der Waals surface area contributed by atoms with Gasteiger partial charge >= 0.3 is 0 Å². The van der Waals surface area contributed by atoms with Crippen LogP contribution in [0.1, 0.15) is 60.2 Å². The number of piperidine rings is 1. The maximum absolute atomic E-state index is 12.4. The number of carbonyl (C=O) groups is 2. The Balaban J connectivity index is 1.67. The molecular formula is C20H24N4O2. The minimum absolute atomic E-state index is 0.00467. The molecule has 2 aromatic rings. The molecule has 6 heteroatoms. The van der Waals surface area contributed by atoms with Crippen LogP contribution in [-0.4, -0.2) is 34.2 Å². The number of amides is 1. The monoisotopic (exact) mass is 352 g/mol. The molecule has 1 fully saturated rings. The van der Waals surface area contributed by atoms with E-state index in [1.54, 1.807) is 36.7 Å². The average molecular weight is 352 g/mol. The van der Waals surface area contributed by atoms with E-state index in [1.165, 1.54) is 19.8 Å².